The molecular weight excluding hydrogens is 310 g/mol. The Balaban J connectivity index is 2.41. The topological polar surface area (TPSA) is 68.9 Å². The molecule has 0 radical (unpaired) electrons. The van der Waals surface area contributed by atoms with E-state index in [0.717, 1.165) is 0 Å². The molecule has 0 aliphatic carbocycles. The van der Waals surface area contributed by atoms with Gasteiger partial charge in [0.05, 0.1) is 9.82 Å². The van der Waals surface area contributed by atoms with Gasteiger partial charge in [0, 0.05) is 17.5 Å². The first-order chi connectivity index (χ1) is 9.77. The van der Waals surface area contributed by atoms with Gasteiger partial charge >= 0.3 is 0 Å². The van der Waals surface area contributed by atoms with E-state index in [4.69, 9.17) is 11.6 Å². The van der Waals surface area contributed by atoms with Gasteiger partial charge in [-0.3, -0.25) is 10.1 Å². The van der Waals surface area contributed by atoms with Gasteiger partial charge in [-0.2, -0.15) is 0 Å². The van der Waals surface area contributed by atoms with E-state index < -0.39 is 4.92 Å². The number of benzene rings is 1. The zero-order valence-electron chi connectivity index (χ0n) is 11.8. The van der Waals surface area contributed by atoms with Gasteiger partial charge in [-0.15, -0.1) is 0 Å². The Morgan fingerprint density at radius 1 is 1.24 bits per heavy atom. The first-order valence-electron chi connectivity index (χ1n) is 6.24. The van der Waals surface area contributed by atoms with Crippen molar-refractivity contribution in [2.45, 2.75) is 36.1 Å². The lowest BCUT2D eigenvalue weighted by atomic mass is 9.96. The molecule has 0 saturated carbocycles. The minimum Gasteiger partial charge on any atom is -0.258 e. The molecule has 0 spiro atoms. The maximum absolute atomic E-state index is 11.0. The number of nitrogens with zero attached hydrogens (tertiary/aromatic N) is 3. The molecule has 7 heteroatoms. The number of nitro benzene ring substituents is 1. The molecular formula is C14H14ClN3O2S. The van der Waals surface area contributed by atoms with Gasteiger partial charge in [0.1, 0.15) is 16.0 Å². The Hall–Kier alpha value is -1.66. The molecule has 0 aliphatic heterocycles. The van der Waals surface area contributed by atoms with Crippen molar-refractivity contribution in [3.05, 3.63) is 51.4 Å². The van der Waals surface area contributed by atoms with Crippen molar-refractivity contribution in [2.24, 2.45) is 0 Å². The first-order valence-corrected chi connectivity index (χ1v) is 7.43. The summed E-state index contributed by atoms with van der Waals surface area (Å²) in [7, 11) is 0. The molecule has 0 fully saturated rings. The predicted molar refractivity (Wildman–Crippen MR) is 83.0 cm³/mol. The summed E-state index contributed by atoms with van der Waals surface area (Å²) >= 11 is 7.24. The number of hydrogen-bond acceptors (Lipinski definition) is 5. The molecule has 0 amide bonds. The van der Waals surface area contributed by atoms with Crippen LogP contribution in [0, 0.1) is 10.1 Å². The van der Waals surface area contributed by atoms with Crippen LogP contribution in [0.5, 0.6) is 0 Å². The fraction of sp³-hybridized carbons (Fsp3) is 0.286. The largest absolute Gasteiger partial charge is 0.283 e. The molecule has 5 nitrogen and oxygen atoms in total. The lowest BCUT2D eigenvalue weighted by Crippen LogP contribution is -2.16. The van der Waals surface area contributed by atoms with Crippen molar-refractivity contribution in [1.29, 1.82) is 0 Å². The lowest BCUT2D eigenvalue weighted by molar-refractivity contribution is -0.387. The van der Waals surface area contributed by atoms with Crippen LogP contribution in [0.2, 0.25) is 5.15 Å². The highest BCUT2D eigenvalue weighted by Gasteiger charge is 2.20. The Kier molecular flexibility index (Phi) is 4.49. The third kappa shape index (κ3) is 3.92. The fourth-order valence-electron chi connectivity index (χ4n) is 1.59. The van der Waals surface area contributed by atoms with Crippen LogP contribution >= 0.6 is 23.4 Å². The van der Waals surface area contributed by atoms with Crippen molar-refractivity contribution in [3.8, 4) is 0 Å². The van der Waals surface area contributed by atoms with E-state index in [0.29, 0.717) is 20.9 Å². The zero-order valence-corrected chi connectivity index (χ0v) is 13.4. The van der Waals surface area contributed by atoms with E-state index in [-0.39, 0.29) is 11.1 Å². The normalized spacial score (nSPS) is 11.4. The molecule has 1 aromatic heterocycles. The average molecular weight is 324 g/mol. The summed E-state index contributed by atoms with van der Waals surface area (Å²) in [5, 5.41) is 12.0. The van der Waals surface area contributed by atoms with Crippen LogP contribution in [0.4, 0.5) is 5.69 Å². The average Bonchev–Trinajstić information content (AvgIpc) is 2.37. The molecule has 2 rings (SSSR count). The van der Waals surface area contributed by atoms with Crippen molar-refractivity contribution < 1.29 is 4.92 Å². The number of para-hydroxylation sites is 1. The summed E-state index contributed by atoms with van der Waals surface area (Å²) < 4.78 is 0. The SMILES string of the molecule is CC(C)(C)c1nc(Cl)cc(Sc2ccccc2[N+](=O)[O-])n1. The van der Waals surface area contributed by atoms with E-state index in [1.165, 1.54) is 17.8 Å². The summed E-state index contributed by atoms with van der Waals surface area (Å²) in [5.41, 5.74) is -0.197. The molecule has 0 aliphatic rings. The van der Waals surface area contributed by atoms with Crippen LogP contribution in [-0.4, -0.2) is 14.9 Å². The molecule has 0 atom stereocenters. The summed E-state index contributed by atoms with van der Waals surface area (Å²) in [6.45, 7) is 5.95. The van der Waals surface area contributed by atoms with Crippen LogP contribution < -0.4 is 0 Å². The monoisotopic (exact) mass is 323 g/mol. The van der Waals surface area contributed by atoms with Gasteiger partial charge in [0.25, 0.3) is 5.69 Å². The van der Waals surface area contributed by atoms with E-state index in [1.807, 2.05) is 20.8 Å². The van der Waals surface area contributed by atoms with Gasteiger partial charge in [-0.25, -0.2) is 9.97 Å². The maximum Gasteiger partial charge on any atom is 0.283 e. The van der Waals surface area contributed by atoms with Crippen LogP contribution in [0.15, 0.2) is 40.3 Å². The molecule has 1 aromatic carbocycles. The highest BCUT2D eigenvalue weighted by atomic mass is 35.5. The minimum atomic E-state index is -0.407. The van der Waals surface area contributed by atoms with Gasteiger partial charge in [-0.05, 0) is 6.07 Å². The lowest BCUT2D eigenvalue weighted by Gasteiger charge is -2.17. The van der Waals surface area contributed by atoms with Crippen molar-refractivity contribution in [1.82, 2.24) is 9.97 Å². The van der Waals surface area contributed by atoms with Crippen molar-refractivity contribution in [2.75, 3.05) is 0 Å². The van der Waals surface area contributed by atoms with E-state index in [9.17, 15) is 10.1 Å². The third-order valence-electron chi connectivity index (χ3n) is 2.62. The summed E-state index contributed by atoms with van der Waals surface area (Å²) in [5.74, 6) is 0.607. The highest BCUT2D eigenvalue weighted by Crippen LogP contribution is 2.35. The van der Waals surface area contributed by atoms with E-state index in [1.54, 1.807) is 24.3 Å². The van der Waals surface area contributed by atoms with Crippen LogP contribution in [0.1, 0.15) is 26.6 Å². The number of nitro groups is 1. The Labute approximate surface area is 131 Å². The van der Waals surface area contributed by atoms with Crippen LogP contribution in [0.3, 0.4) is 0 Å². The number of halogens is 1. The molecule has 2 aromatic rings. The van der Waals surface area contributed by atoms with E-state index in [2.05, 4.69) is 9.97 Å². The van der Waals surface area contributed by atoms with Crippen molar-refractivity contribution in [3.63, 3.8) is 0 Å². The summed E-state index contributed by atoms with van der Waals surface area (Å²) in [6.07, 6.45) is 0. The second kappa shape index (κ2) is 5.99. The summed E-state index contributed by atoms with van der Waals surface area (Å²) in [6, 6.07) is 8.15. The fourth-order valence-corrected chi connectivity index (χ4v) is 2.76. The maximum atomic E-state index is 11.0. The van der Waals surface area contributed by atoms with Crippen LogP contribution in [-0.2, 0) is 5.41 Å². The Bertz CT molecular complexity index is 686. The van der Waals surface area contributed by atoms with Crippen LogP contribution in [0.25, 0.3) is 0 Å². The number of hydrogen-bond donors (Lipinski definition) is 0. The number of rotatable bonds is 3. The molecule has 0 saturated heterocycles. The predicted octanol–water partition coefficient (Wildman–Crippen LogP) is 4.49. The molecule has 1 heterocycles. The standard InChI is InChI=1S/C14H14ClN3O2S/c1-14(2,3)13-16-11(15)8-12(17-13)21-10-7-5-4-6-9(10)18(19)20/h4-8H,1-3H3. The Morgan fingerprint density at radius 2 is 1.90 bits per heavy atom. The van der Waals surface area contributed by atoms with Gasteiger partial charge < -0.3 is 0 Å². The second-order valence-corrected chi connectivity index (χ2v) is 6.88. The number of aromatic nitrogens is 2. The zero-order chi connectivity index (χ0) is 15.6. The third-order valence-corrected chi connectivity index (χ3v) is 3.80. The molecule has 0 bridgehead atoms. The molecule has 110 valence electrons. The van der Waals surface area contributed by atoms with Gasteiger partial charge in [0.15, 0.2) is 0 Å². The molecule has 0 unspecified atom stereocenters. The smallest absolute Gasteiger partial charge is 0.258 e. The van der Waals surface area contributed by atoms with Crippen molar-refractivity contribution >= 4 is 29.1 Å². The summed E-state index contributed by atoms with van der Waals surface area (Å²) in [4.78, 5) is 19.8. The Morgan fingerprint density at radius 3 is 2.52 bits per heavy atom. The molecule has 0 N–H and O–H groups in total. The first kappa shape index (κ1) is 15.7. The van der Waals surface area contributed by atoms with Gasteiger partial charge in [-0.1, -0.05) is 56.3 Å². The highest BCUT2D eigenvalue weighted by molar-refractivity contribution is 7.99. The van der Waals surface area contributed by atoms with E-state index >= 15 is 0 Å². The second-order valence-electron chi connectivity index (χ2n) is 5.43. The minimum absolute atomic E-state index is 0.0505. The van der Waals surface area contributed by atoms with Gasteiger partial charge in [0.2, 0.25) is 0 Å². The quantitative estimate of drug-likeness (QED) is 0.473. The molecule has 21 heavy (non-hydrogen) atoms.